The molecule has 0 saturated heterocycles. The maximum atomic E-state index is 11.3. The molecule has 0 amide bonds. The van der Waals surface area contributed by atoms with E-state index in [1.165, 1.54) is 0 Å². The van der Waals surface area contributed by atoms with Gasteiger partial charge in [0.1, 0.15) is 0 Å². The van der Waals surface area contributed by atoms with E-state index in [0.29, 0.717) is 19.4 Å². The summed E-state index contributed by atoms with van der Waals surface area (Å²) in [6.07, 6.45) is 1.91. The molecule has 0 aliphatic rings. The van der Waals surface area contributed by atoms with Gasteiger partial charge in [0.05, 0.1) is 23.7 Å². The molecule has 0 spiro atoms. The number of nitrogens with zero attached hydrogens (tertiary/aromatic N) is 2. The van der Waals surface area contributed by atoms with Crippen LogP contribution in [0.15, 0.2) is 10.8 Å². The topological polar surface area (TPSA) is 64.1 Å². The number of ether oxygens (including phenoxy) is 1. The number of anilines is 1. The maximum absolute atomic E-state index is 11.3. The van der Waals surface area contributed by atoms with E-state index in [1.807, 2.05) is 19.2 Å². The van der Waals surface area contributed by atoms with Gasteiger partial charge >= 0.3 is 5.97 Å². The summed E-state index contributed by atoms with van der Waals surface area (Å²) >= 11 is 3.25. The van der Waals surface area contributed by atoms with Crippen molar-refractivity contribution in [2.75, 3.05) is 18.5 Å². The molecule has 0 aliphatic heterocycles. The highest BCUT2D eigenvalue weighted by molar-refractivity contribution is 7.13. The normalized spacial score (nSPS) is 10.6. The third-order valence-electron chi connectivity index (χ3n) is 2.72. The van der Waals surface area contributed by atoms with E-state index in [4.69, 9.17) is 4.74 Å². The van der Waals surface area contributed by atoms with Gasteiger partial charge in [-0.05, 0) is 13.8 Å². The molecule has 0 aliphatic carbocycles. The molecule has 0 aromatic carbocycles. The summed E-state index contributed by atoms with van der Waals surface area (Å²) in [5.41, 5.74) is 2.01. The van der Waals surface area contributed by atoms with Gasteiger partial charge in [-0.2, -0.15) is 0 Å². The van der Waals surface area contributed by atoms with Gasteiger partial charge < -0.3 is 10.1 Å². The van der Waals surface area contributed by atoms with E-state index in [2.05, 4.69) is 20.7 Å². The Hall–Kier alpha value is -1.47. The molecular formula is C14H19N3O2S2. The van der Waals surface area contributed by atoms with Gasteiger partial charge in [0, 0.05) is 35.8 Å². The SMILES string of the molecule is CCOC(=O)CCc1csc(NCCc2nc(C)cs2)n1. The number of aryl methyl sites for hydroxylation is 2. The van der Waals surface area contributed by atoms with Gasteiger partial charge in [-0.3, -0.25) is 4.79 Å². The van der Waals surface area contributed by atoms with Crippen LogP contribution in [0.25, 0.3) is 0 Å². The van der Waals surface area contributed by atoms with E-state index in [9.17, 15) is 4.79 Å². The summed E-state index contributed by atoms with van der Waals surface area (Å²) in [4.78, 5) is 20.2. The number of esters is 1. The van der Waals surface area contributed by atoms with Gasteiger partial charge in [0.2, 0.25) is 0 Å². The van der Waals surface area contributed by atoms with Crippen LogP contribution in [0, 0.1) is 6.92 Å². The van der Waals surface area contributed by atoms with Crippen molar-refractivity contribution in [2.45, 2.75) is 33.1 Å². The summed E-state index contributed by atoms with van der Waals surface area (Å²) in [6.45, 7) is 5.06. The summed E-state index contributed by atoms with van der Waals surface area (Å²) in [5, 5.41) is 9.37. The van der Waals surface area contributed by atoms with Crippen molar-refractivity contribution in [1.82, 2.24) is 9.97 Å². The molecule has 0 unspecified atom stereocenters. The van der Waals surface area contributed by atoms with Gasteiger partial charge in [-0.25, -0.2) is 9.97 Å². The first kappa shape index (κ1) is 15.9. The Morgan fingerprint density at radius 2 is 2.14 bits per heavy atom. The van der Waals surface area contributed by atoms with Crippen molar-refractivity contribution in [3.63, 3.8) is 0 Å². The molecule has 0 atom stereocenters. The van der Waals surface area contributed by atoms with Gasteiger partial charge in [0.15, 0.2) is 5.13 Å². The molecule has 0 saturated carbocycles. The summed E-state index contributed by atoms with van der Waals surface area (Å²) in [7, 11) is 0. The lowest BCUT2D eigenvalue weighted by Crippen LogP contribution is -2.06. The van der Waals surface area contributed by atoms with Crippen LogP contribution in [-0.4, -0.2) is 29.1 Å². The predicted molar refractivity (Wildman–Crippen MR) is 86.1 cm³/mol. The molecule has 5 nitrogen and oxygen atoms in total. The molecule has 21 heavy (non-hydrogen) atoms. The number of hydrogen-bond donors (Lipinski definition) is 1. The number of carbonyl (C=O) groups excluding carboxylic acids is 1. The van der Waals surface area contributed by atoms with Crippen molar-refractivity contribution in [2.24, 2.45) is 0 Å². The first-order valence-electron chi connectivity index (χ1n) is 6.92. The molecule has 7 heteroatoms. The second-order valence-electron chi connectivity index (χ2n) is 4.51. The van der Waals surface area contributed by atoms with Crippen molar-refractivity contribution < 1.29 is 9.53 Å². The minimum atomic E-state index is -0.167. The molecule has 0 radical (unpaired) electrons. The fourth-order valence-electron chi connectivity index (χ4n) is 1.76. The van der Waals surface area contributed by atoms with Crippen molar-refractivity contribution >= 4 is 33.8 Å². The number of rotatable bonds is 8. The second-order valence-corrected chi connectivity index (χ2v) is 6.31. The van der Waals surface area contributed by atoms with E-state index >= 15 is 0 Å². The van der Waals surface area contributed by atoms with Gasteiger partial charge in [-0.15, -0.1) is 22.7 Å². The quantitative estimate of drug-likeness (QED) is 0.756. The van der Waals surface area contributed by atoms with E-state index in [-0.39, 0.29) is 5.97 Å². The molecule has 114 valence electrons. The molecule has 2 heterocycles. The molecule has 0 fully saturated rings. The standard InChI is InChI=1S/C14H19N3O2S2/c1-3-19-13(18)5-4-11-9-21-14(17-11)15-7-6-12-16-10(2)8-20-12/h8-9H,3-7H2,1-2H3,(H,15,17). The predicted octanol–water partition coefficient (Wildman–Crippen LogP) is 3.06. The van der Waals surface area contributed by atoms with Crippen molar-refractivity contribution in [3.8, 4) is 0 Å². The average molecular weight is 325 g/mol. The Morgan fingerprint density at radius 3 is 2.86 bits per heavy atom. The molecule has 2 rings (SSSR count). The zero-order valence-corrected chi connectivity index (χ0v) is 13.9. The molecule has 2 aromatic rings. The molecule has 2 aromatic heterocycles. The average Bonchev–Trinajstić information content (AvgIpc) is 3.06. The van der Waals surface area contributed by atoms with Crippen LogP contribution in [0.4, 0.5) is 5.13 Å². The molecular weight excluding hydrogens is 306 g/mol. The smallest absolute Gasteiger partial charge is 0.306 e. The fourth-order valence-corrected chi connectivity index (χ4v) is 3.31. The Labute approximate surface area is 132 Å². The van der Waals surface area contributed by atoms with Crippen LogP contribution in [0.2, 0.25) is 0 Å². The number of aromatic nitrogens is 2. The molecule has 1 N–H and O–H groups in total. The maximum Gasteiger partial charge on any atom is 0.306 e. The highest BCUT2D eigenvalue weighted by Crippen LogP contribution is 2.17. The van der Waals surface area contributed by atoms with E-state index in [0.717, 1.165) is 34.5 Å². The van der Waals surface area contributed by atoms with Gasteiger partial charge in [0.25, 0.3) is 0 Å². The Bertz CT molecular complexity index is 580. The van der Waals surface area contributed by atoms with Crippen LogP contribution in [0.5, 0.6) is 0 Å². The monoisotopic (exact) mass is 325 g/mol. The fraction of sp³-hybridized carbons (Fsp3) is 0.500. The number of carbonyl (C=O) groups is 1. The van der Waals surface area contributed by atoms with Crippen molar-refractivity contribution in [1.29, 1.82) is 0 Å². The third kappa shape index (κ3) is 5.43. The first-order valence-corrected chi connectivity index (χ1v) is 8.68. The van der Waals surface area contributed by atoms with Crippen molar-refractivity contribution in [3.05, 3.63) is 27.2 Å². The second kappa shape index (κ2) is 8.09. The van der Waals surface area contributed by atoms with Crippen LogP contribution < -0.4 is 5.32 Å². The highest BCUT2D eigenvalue weighted by atomic mass is 32.1. The molecule has 0 bridgehead atoms. The zero-order chi connectivity index (χ0) is 15.1. The Kier molecular flexibility index (Phi) is 6.13. The Balaban J connectivity index is 1.71. The number of nitrogens with one attached hydrogen (secondary N) is 1. The zero-order valence-electron chi connectivity index (χ0n) is 12.2. The van der Waals surface area contributed by atoms with Crippen LogP contribution in [0.1, 0.15) is 29.7 Å². The lowest BCUT2D eigenvalue weighted by Gasteiger charge is -2.00. The highest BCUT2D eigenvalue weighted by Gasteiger charge is 2.06. The summed E-state index contributed by atoms with van der Waals surface area (Å²) < 4.78 is 4.90. The number of hydrogen-bond acceptors (Lipinski definition) is 7. The first-order chi connectivity index (χ1) is 10.2. The summed E-state index contributed by atoms with van der Waals surface area (Å²) in [5.74, 6) is -0.167. The largest absolute Gasteiger partial charge is 0.466 e. The lowest BCUT2D eigenvalue weighted by atomic mass is 10.2. The van der Waals surface area contributed by atoms with Crippen LogP contribution in [0.3, 0.4) is 0 Å². The van der Waals surface area contributed by atoms with Gasteiger partial charge in [-0.1, -0.05) is 0 Å². The van der Waals surface area contributed by atoms with Crippen LogP contribution in [-0.2, 0) is 22.4 Å². The van der Waals surface area contributed by atoms with E-state index < -0.39 is 0 Å². The minimum Gasteiger partial charge on any atom is -0.466 e. The minimum absolute atomic E-state index is 0.167. The van der Waals surface area contributed by atoms with E-state index in [1.54, 1.807) is 22.7 Å². The lowest BCUT2D eigenvalue weighted by molar-refractivity contribution is -0.143. The summed E-state index contributed by atoms with van der Waals surface area (Å²) in [6, 6.07) is 0. The van der Waals surface area contributed by atoms with Crippen LogP contribution >= 0.6 is 22.7 Å². The Morgan fingerprint density at radius 1 is 1.29 bits per heavy atom. The number of thiazole rings is 2. The third-order valence-corrected chi connectivity index (χ3v) is 4.60.